The van der Waals surface area contributed by atoms with Crippen molar-refractivity contribution in [2.24, 2.45) is 0 Å². The number of hydrogen-bond donors (Lipinski definition) is 2. The molecule has 0 aliphatic carbocycles. The van der Waals surface area contributed by atoms with Gasteiger partial charge in [0.2, 0.25) is 0 Å². The lowest BCUT2D eigenvalue weighted by molar-refractivity contribution is 0.0935. The third-order valence-electron chi connectivity index (χ3n) is 2.89. The van der Waals surface area contributed by atoms with Gasteiger partial charge in [0.05, 0.1) is 11.1 Å². The second kappa shape index (κ2) is 5.27. The number of halogens is 1. The van der Waals surface area contributed by atoms with Crippen LogP contribution in [0.25, 0.3) is 0 Å². The number of carbonyl (C=O) groups is 1. The van der Waals surface area contributed by atoms with Gasteiger partial charge in [0, 0.05) is 6.20 Å². The van der Waals surface area contributed by atoms with E-state index in [1.807, 2.05) is 38.1 Å². The van der Waals surface area contributed by atoms with Crippen molar-refractivity contribution in [1.29, 1.82) is 0 Å². The predicted octanol–water partition coefficient (Wildman–Crippen LogP) is 3.47. The Hall–Kier alpha value is -1.74. The molecule has 2 rings (SSSR count). The highest BCUT2D eigenvalue weighted by Gasteiger charge is 2.13. The molecule has 0 fully saturated rings. The van der Waals surface area contributed by atoms with E-state index in [-0.39, 0.29) is 11.9 Å². The van der Waals surface area contributed by atoms with Crippen LogP contribution < -0.4 is 5.32 Å². The lowest BCUT2D eigenvalue weighted by Crippen LogP contribution is -2.27. The van der Waals surface area contributed by atoms with Crippen molar-refractivity contribution in [3.05, 3.63) is 58.4 Å². The summed E-state index contributed by atoms with van der Waals surface area (Å²) in [6.07, 6.45) is 1.59. The van der Waals surface area contributed by atoms with Gasteiger partial charge in [0.1, 0.15) is 5.69 Å². The highest BCUT2D eigenvalue weighted by Crippen LogP contribution is 2.17. The molecule has 94 valence electrons. The van der Waals surface area contributed by atoms with E-state index in [9.17, 15) is 4.79 Å². The van der Waals surface area contributed by atoms with Crippen LogP contribution in [0.3, 0.4) is 0 Å². The maximum Gasteiger partial charge on any atom is 0.268 e. The van der Waals surface area contributed by atoms with Gasteiger partial charge in [-0.2, -0.15) is 0 Å². The van der Waals surface area contributed by atoms with E-state index in [4.69, 9.17) is 11.6 Å². The van der Waals surface area contributed by atoms with Crippen LogP contribution in [-0.2, 0) is 0 Å². The molecule has 0 aliphatic heterocycles. The monoisotopic (exact) mass is 262 g/mol. The van der Waals surface area contributed by atoms with Crippen LogP contribution in [-0.4, -0.2) is 10.9 Å². The van der Waals surface area contributed by atoms with Gasteiger partial charge in [0.15, 0.2) is 0 Å². The molecule has 0 spiro atoms. The maximum atomic E-state index is 12.0. The van der Waals surface area contributed by atoms with E-state index in [1.54, 1.807) is 12.3 Å². The zero-order valence-electron chi connectivity index (χ0n) is 10.3. The summed E-state index contributed by atoms with van der Waals surface area (Å²) in [7, 11) is 0. The first-order valence-electron chi connectivity index (χ1n) is 5.78. The van der Waals surface area contributed by atoms with Gasteiger partial charge in [-0.25, -0.2) is 0 Å². The van der Waals surface area contributed by atoms with E-state index in [1.165, 1.54) is 0 Å². The first kappa shape index (κ1) is 12.7. The first-order valence-corrected chi connectivity index (χ1v) is 6.16. The summed E-state index contributed by atoms with van der Waals surface area (Å²) in [6, 6.07) is 9.57. The number of hydrogen-bond acceptors (Lipinski definition) is 1. The molecule has 0 aliphatic rings. The molecule has 1 aromatic heterocycles. The van der Waals surface area contributed by atoms with Crippen molar-refractivity contribution >= 4 is 17.5 Å². The first-order chi connectivity index (χ1) is 8.58. The maximum absolute atomic E-state index is 12.0. The molecule has 0 saturated heterocycles. The van der Waals surface area contributed by atoms with E-state index in [0.717, 1.165) is 11.1 Å². The van der Waals surface area contributed by atoms with Crippen LogP contribution >= 0.6 is 11.6 Å². The molecule has 18 heavy (non-hydrogen) atoms. The number of aromatic nitrogens is 1. The molecule has 4 heteroatoms. The molecule has 2 N–H and O–H groups in total. The van der Waals surface area contributed by atoms with Gasteiger partial charge in [-0.15, -0.1) is 0 Å². The quantitative estimate of drug-likeness (QED) is 0.874. The molecular formula is C14H15ClN2O. The van der Waals surface area contributed by atoms with Crippen molar-refractivity contribution in [3.63, 3.8) is 0 Å². The Balaban J connectivity index is 2.10. The molecule has 1 amide bonds. The SMILES string of the molecule is Cc1ccccc1C(C)NC(=O)c1cc(Cl)c[nH]1. The lowest BCUT2D eigenvalue weighted by atomic mass is 10.0. The van der Waals surface area contributed by atoms with Crippen LogP contribution in [0, 0.1) is 6.92 Å². The second-order valence-corrected chi connectivity index (χ2v) is 4.72. The van der Waals surface area contributed by atoms with Gasteiger partial charge in [-0.3, -0.25) is 4.79 Å². The van der Waals surface area contributed by atoms with Crippen molar-refractivity contribution < 1.29 is 4.79 Å². The average Bonchev–Trinajstić information content (AvgIpc) is 2.76. The Morgan fingerprint density at radius 3 is 2.72 bits per heavy atom. The Kier molecular flexibility index (Phi) is 3.72. The van der Waals surface area contributed by atoms with Gasteiger partial charge in [-0.1, -0.05) is 35.9 Å². The average molecular weight is 263 g/mol. The van der Waals surface area contributed by atoms with Crippen LogP contribution in [0.5, 0.6) is 0 Å². The van der Waals surface area contributed by atoms with Crippen molar-refractivity contribution in [3.8, 4) is 0 Å². The number of carbonyl (C=O) groups excluding carboxylic acids is 1. The Bertz CT molecular complexity index is 562. The zero-order valence-corrected chi connectivity index (χ0v) is 11.1. The number of H-pyrrole nitrogens is 1. The number of aryl methyl sites for hydroxylation is 1. The minimum atomic E-state index is -0.155. The third-order valence-corrected chi connectivity index (χ3v) is 3.11. The molecule has 0 bridgehead atoms. The molecule has 1 heterocycles. The highest BCUT2D eigenvalue weighted by molar-refractivity contribution is 6.30. The number of aromatic amines is 1. The number of amides is 1. The van der Waals surface area contributed by atoms with Crippen molar-refractivity contribution in [1.82, 2.24) is 10.3 Å². The molecular weight excluding hydrogens is 248 g/mol. The molecule has 1 aromatic carbocycles. The second-order valence-electron chi connectivity index (χ2n) is 4.28. The lowest BCUT2D eigenvalue weighted by Gasteiger charge is -2.16. The topological polar surface area (TPSA) is 44.9 Å². The zero-order chi connectivity index (χ0) is 13.1. The van der Waals surface area contributed by atoms with Crippen LogP contribution in [0.4, 0.5) is 0 Å². The summed E-state index contributed by atoms with van der Waals surface area (Å²) in [5.74, 6) is -0.155. The minimum absolute atomic E-state index is 0.0409. The van der Waals surface area contributed by atoms with Gasteiger partial charge < -0.3 is 10.3 Å². The molecule has 1 atom stereocenters. The molecule has 0 saturated carbocycles. The Morgan fingerprint density at radius 1 is 1.39 bits per heavy atom. The van der Waals surface area contributed by atoms with Crippen LogP contribution in [0.1, 0.15) is 34.6 Å². The van der Waals surface area contributed by atoms with Gasteiger partial charge >= 0.3 is 0 Å². The molecule has 2 aromatic rings. The summed E-state index contributed by atoms with van der Waals surface area (Å²) in [4.78, 5) is 14.8. The Labute approximate surface area is 111 Å². The summed E-state index contributed by atoms with van der Waals surface area (Å²) in [5, 5.41) is 3.47. The van der Waals surface area contributed by atoms with Crippen LogP contribution in [0.2, 0.25) is 5.02 Å². The van der Waals surface area contributed by atoms with E-state index < -0.39 is 0 Å². The fraction of sp³-hybridized carbons (Fsp3) is 0.214. The summed E-state index contributed by atoms with van der Waals surface area (Å²) >= 11 is 5.77. The van der Waals surface area contributed by atoms with Gasteiger partial charge in [-0.05, 0) is 31.0 Å². The van der Waals surface area contributed by atoms with Gasteiger partial charge in [0.25, 0.3) is 5.91 Å². The number of benzene rings is 1. The molecule has 0 radical (unpaired) electrons. The fourth-order valence-corrected chi connectivity index (χ4v) is 2.09. The van der Waals surface area contributed by atoms with E-state index >= 15 is 0 Å². The fourth-order valence-electron chi connectivity index (χ4n) is 1.92. The molecule has 3 nitrogen and oxygen atoms in total. The standard InChI is InChI=1S/C14H15ClN2O/c1-9-5-3-4-6-12(9)10(2)17-14(18)13-7-11(15)8-16-13/h3-8,10,16H,1-2H3,(H,17,18). The van der Waals surface area contributed by atoms with Crippen molar-refractivity contribution in [2.45, 2.75) is 19.9 Å². The normalized spacial score (nSPS) is 12.2. The highest BCUT2D eigenvalue weighted by atomic mass is 35.5. The molecule has 1 unspecified atom stereocenters. The minimum Gasteiger partial charge on any atom is -0.356 e. The van der Waals surface area contributed by atoms with Crippen molar-refractivity contribution in [2.75, 3.05) is 0 Å². The number of rotatable bonds is 3. The third kappa shape index (κ3) is 2.74. The smallest absolute Gasteiger partial charge is 0.268 e. The summed E-state index contributed by atoms with van der Waals surface area (Å²) in [5.41, 5.74) is 2.75. The largest absolute Gasteiger partial charge is 0.356 e. The summed E-state index contributed by atoms with van der Waals surface area (Å²) < 4.78 is 0. The van der Waals surface area contributed by atoms with E-state index in [2.05, 4.69) is 10.3 Å². The van der Waals surface area contributed by atoms with Crippen LogP contribution in [0.15, 0.2) is 36.5 Å². The Morgan fingerprint density at radius 2 is 2.11 bits per heavy atom. The number of nitrogens with one attached hydrogen (secondary N) is 2. The van der Waals surface area contributed by atoms with E-state index in [0.29, 0.717) is 10.7 Å². The summed E-state index contributed by atoms with van der Waals surface area (Å²) in [6.45, 7) is 3.99. The predicted molar refractivity (Wildman–Crippen MR) is 72.9 cm³/mol.